The van der Waals surface area contributed by atoms with Crippen molar-refractivity contribution in [3.05, 3.63) is 52.0 Å². The quantitative estimate of drug-likeness (QED) is 0.181. The highest BCUT2D eigenvalue weighted by Crippen LogP contribution is 2.45. The highest BCUT2D eigenvalue weighted by atomic mass is 79.9. The molecule has 0 unspecified atom stereocenters. The maximum Gasteiger partial charge on any atom is 0.316 e. The summed E-state index contributed by atoms with van der Waals surface area (Å²) in [7, 11) is 0. The first kappa shape index (κ1) is 26.7. The Balaban J connectivity index is 1.29. The second-order valence-electron chi connectivity index (χ2n) is 9.60. The van der Waals surface area contributed by atoms with Crippen molar-refractivity contribution in [1.82, 2.24) is 0 Å². The third-order valence-electron chi connectivity index (χ3n) is 7.20. The van der Waals surface area contributed by atoms with E-state index in [1.54, 1.807) is 43.3 Å². The average molecular weight is 673 g/mol. The van der Waals surface area contributed by atoms with Gasteiger partial charge in [0.25, 0.3) is 0 Å². The lowest BCUT2D eigenvalue weighted by atomic mass is 9.81. The number of rotatable bonds is 4. The maximum atomic E-state index is 13.1. The van der Waals surface area contributed by atoms with Gasteiger partial charge in [0.05, 0.1) is 34.2 Å². The lowest BCUT2D eigenvalue weighted by Gasteiger charge is -2.29. The van der Waals surface area contributed by atoms with Crippen LogP contribution >= 0.6 is 55.1 Å². The number of hydrogen-bond acceptors (Lipinski definition) is 5. The van der Waals surface area contributed by atoms with Crippen LogP contribution in [-0.4, -0.2) is 39.9 Å². The summed E-state index contributed by atoms with van der Waals surface area (Å²) in [5, 5.41) is 0.796. The van der Waals surface area contributed by atoms with Crippen molar-refractivity contribution in [2.45, 2.75) is 35.8 Å². The van der Waals surface area contributed by atoms with Crippen molar-refractivity contribution in [1.29, 1.82) is 0 Å². The number of nitrogens with zero attached hydrogens (tertiary/aromatic N) is 2. The van der Waals surface area contributed by atoms with E-state index in [1.165, 1.54) is 9.80 Å². The van der Waals surface area contributed by atoms with Gasteiger partial charge in [-0.2, -0.15) is 0 Å². The van der Waals surface area contributed by atoms with E-state index in [0.29, 0.717) is 39.8 Å². The summed E-state index contributed by atoms with van der Waals surface area (Å²) in [5.74, 6) is -2.30. The van der Waals surface area contributed by atoms with E-state index in [9.17, 15) is 19.2 Å². The minimum absolute atomic E-state index is 0.0125. The SMILES string of the molecule is Cc1cc(OC(=O)[C@@H]2CC(=O)N(c3cc(Cl)ccc3Cl)C2)ccc1N1C(=O)[C@@H]2C[C@H](Br)[C@@H](Br)C[C@H]2C1=O. The van der Waals surface area contributed by atoms with Gasteiger partial charge in [-0.3, -0.25) is 19.2 Å². The van der Waals surface area contributed by atoms with E-state index in [2.05, 4.69) is 31.9 Å². The number of carbonyl (C=O) groups excluding carboxylic acids is 4. The monoisotopic (exact) mass is 670 g/mol. The number of aryl methyl sites for hydroxylation is 1. The summed E-state index contributed by atoms with van der Waals surface area (Å²) in [6, 6.07) is 9.62. The fourth-order valence-electron chi connectivity index (χ4n) is 5.27. The number of esters is 1. The third-order valence-corrected chi connectivity index (χ3v) is 10.5. The van der Waals surface area contributed by atoms with E-state index in [-0.39, 0.29) is 57.9 Å². The summed E-state index contributed by atoms with van der Waals surface area (Å²) >= 11 is 19.5. The number of alkyl halides is 2. The van der Waals surface area contributed by atoms with Crippen LogP contribution in [0.15, 0.2) is 36.4 Å². The largest absolute Gasteiger partial charge is 0.426 e. The predicted octanol–water partition coefficient (Wildman–Crippen LogP) is 5.69. The fourth-order valence-corrected chi connectivity index (χ4v) is 6.89. The fraction of sp³-hybridized carbons (Fsp3) is 0.385. The van der Waals surface area contributed by atoms with Crippen LogP contribution in [0.4, 0.5) is 11.4 Å². The number of hydrogen-bond donors (Lipinski definition) is 0. The Hall–Kier alpha value is -1.94. The summed E-state index contributed by atoms with van der Waals surface area (Å²) in [4.78, 5) is 54.7. The molecule has 3 fully saturated rings. The Labute approximate surface area is 240 Å². The molecule has 2 heterocycles. The molecule has 0 spiro atoms. The van der Waals surface area contributed by atoms with Crippen LogP contribution in [0.2, 0.25) is 10.0 Å². The van der Waals surface area contributed by atoms with Gasteiger partial charge in [-0.25, -0.2) is 4.90 Å². The molecular weight excluding hydrogens is 651 g/mol. The Morgan fingerprint density at radius 3 is 2.22 bits per heavy atom. The number of benzene rings is 2. The second-order valence-corrected chi connectivity index (χ2v) is 12.8. The van der Waals surface area contributed by atoms with Crippen LogP contribution in [0.5, 0.6) is 5.75 Å². The van der Waals surface area contributed by atoms with Crippen molar-refractivity contribution in [2.24, 2.45) is 17.8 Å². The lowest BCUT2D eigenvalue weighted by Crippen LogP contribution is -2.34. The summed E-state index contributed by atoms with van der Waals surface area (Å²) < 4.78 is 5.58. The molecule has 2 aliphatic heterocycles. The van der Waals surface area contributed by atoms with Gasteiger partial charge in [-0.1, -0.05) is 55.1 Å². The normalized spacial score (nSPS) is 27.6. The van der Waals surface area contributed by atoms with Gasteiger partial charge in [-0.05, 0) is 61.7 Å². The first-order chi connectivity index (χ1) is 17.5. The van der Waals surface area contributed by atoms with Crippen molar-refractivity contribution < 1.29 is 23.9 Å². The molecule has 5 atom stereocenters. The molecule has 5 rings (SSSR count). The van der Waals surface area contributed by atoms with Crippen LogP contribution < -0.4 is 14.5 Å². The molecular formula is C26H22Br2Cl2N2O5. The van der Waals surface area contributed by atoms with Crippen LogP contribution in [0, 0.1) is 24.7 Å². The zero-order valence-corrected chi connectivity index (χ0v) is 24.3. The van der Waals surface area contributed by atoms with Gasteiger partial charge in [0.2, 0.25) is 17.7 Å². The summed E-state index contributed by atoms with van der Waals surface area (Å²) in [5.41, 5.74) is 1.57. The topological polar surface area (TPSA) is 84.0 Å². The molecule has 11 heteroatoms. The zero-order valence-electron chi connectivity index (χ0n) is 19.6. The number of fused-ring (bicyclic) bond motifs is 1. The molecule has 0 bridgehead atoms. The minimum atomic E-state index is -0.679. The molecule has 2 aromatic carbocycles. The van der Waals surface area contributed by atoms with Crippen LogP contribution in [0.25, 0.3) is 0 Å². The number of carbonyl (C=O) groups is 4. The third kappa shape index (κ3) is 4.95. The smallest absolute Gasteiger partial charge is 0.316 e. The van der Waals surface area contributed by atoms with E-state index < -0.39 is 11.9 Å². The average Bonchev–Trinajstić information content (AvgIpc) is 3.34. The first-order valence-electron chi connectivity index (χ1n) is 11.8. The van der Waals surface area contributed by atoms with Crippen LogP contribution in [-0.2, 0) is 19.2 Å². The van der Waals surface area contributed by atoms with Gasteiger partial charge < -0.3 is 9.64 Å². The molecule has 7 nitrogen and oxygen atoms in total. The van der Waals surface area contributed by atoms with Crippen molar-refractivity contribution in [3.63, 3.8) is 0 Å². The Morgan fingerprint density at radius 2 is 1.59 bits per heavy atom. The molecule has 3 aliphatic rings. The molecule has 37 heavy (non-hydrogen) atoms. The highest BCUT2D eigenvalue weighted by molar-refractivity contribution is 9.12. The van der Waals surface area contributed by atoms with E-state index >= 15 is 0 Å². The Kier molecular flexibility index (Phi) is 7.44. The molecule has 2 aromatic rings. The van der Waals surface area contributed by atoms with Crippen molar-refractivity contribution >= 4 is 90.1 Å². The number of amides is 3. The summed E-state index contributed by atoms with van der Waals surface area (Å²) in [6.45, 7) is 1.88. The highest BCUT2D eigenvalue weighted by Gasteiger charge is 2.52. The molecule has 0 radical (unpaired) electrons. The van der Waals surface area contributed by atoms with Crippen molar-refractivity contribution in [3.8, 4) is 5.75 Å². The first-order valence-corrected chi connectivity index (χ1v) is 14.4. The zero-order chi connectivity index (χ0) is 26.6. The summed E-state index contributed by atoms with van der Waals surface area (Å²) in [6.07, 6.45) is 1.17. The van der Waals surface area contributed by atoms with Gasteiger partial charge in [0.15, 0.2) is 0 Å². The second kappa shape index (κ2) is 10.3. The molecule has 1 aliphatic carbocycles. The number of halogens is 4. The van der Waals surface area contributed by atoms with E-state index in [4.69, 9.17) is 27.9 Å². The minimum Gasteiger partial charge on any atom is -0.426 e. The number of imide groups is 1. The molecule has 1 saturated carbocycles. The van der Waals surface area contributed by atoms with Gasteiger partial charge in [0, 0.05) is 27.6 Å². The van der Waals surface area contributed by atoms with Crippen molar-refractivity contribution in [2.75, 3.05) is 16.3 Å². The molecule has 0 N–H and O–H groups in total. The molecule has 2 saturated heterocycles. The van der Waals surface area contributed by atoms with Gasteiger partial charge in [-0.15, -0.1) is 0 Å². The van der Waals surface area contributed by atoms with Crippen LogP contribution in [0.1, 0.15) is 24.8 Å². The van der Waals surface area contributed by atoms with Gasteiger partial charge >= 0.3 is 5.97 Å². The van der Waals surface area contributed by atoms with E-state index in [0.717, 1.165) is 0 Å². The van der Waals surface area contributed by atoms with E-state index in [1.807, 2.05) is 0 Å². The Morgan fingerprint density at radius 1 is 0.946 bits per heavy atom. The standard InChI is InChI=1S/C26H22Br2Cl2N2O5/c1-12-6-15(3-5-21(12)32-24(34)16-9-18(27)19(28)10-17(16)25(32)35)37-26(36)13-7-23(33)31(11-13)22-8-14(29)2-4-20(22)30/h2-6,8,13,16-19H,7,9-11H2,1H3/t13-,16-,17-,18+,19+/m1/s1. The molecule has 194 valence electrons. The molecule has 0 aromatic heterocycles. The number of ether oxygens (including phenoxy) is 1. The lowest BCUT2D eigenvalue weighted by molar-refractivity contribution is -0.139. The predicted molar refractivity (Wildman–Crippen MR) is 148 cm³/mol. The number of anilines is 2. The van der Waals surface area contributed by atoms with Gasteiger partial charge in [0.1, 0.15) is 5.75 Å². The van der Waals surface area contributed by atoms with Crippen LogP contribution in [0.3, 0.4) is 0 Å². The Bertz CT molecular complexity index is 1290. The maximum absolute atomic E-state index is 13.1. The molecule has 3 amide bonds.